The molecule has 0 saturated carbocycles. The van der Waals surface area contributed by atoms with Crippen LogP contribution in [0.2, 0.25) is 0 Å². The van der Waals surface area contributed by atoms with E-state index in [0.717, 1.165) is 0 Å². The number of hydrogen-bond acceptors (Lipinski definition) is 0. The van der Waals surface area contributed by atoms with Crippen LogP contribution in [0.4, 0.5) is 0 Å². The average Bonchev–Trinajstić information content (AvgIpc) is 0.722. The standard InChI is InChI=1S/4ClH.Mo.Ni.Pt/h4*1H;;;/q;;;;+4;;/p-4. The van der Waals surface area contributed by atoms with Crippen molar-refractivity contribution in [3.63, 3.8) is 0 Å². The summed E-state index contributed by atoms with van der Waals surface area (Å²) in [5.41, 5.74) is 0. The number of halogens is 4. The normalized spacial score (nSPS) is 10.9. The van der Waals surface area contributed by atoms with E-state index < -0.39 is 11.9 Å². The van der Waals surface area contributed by atoms with Gasteiger partial charge in [-0.1, -0.05) is 0 Å². The molecule has 0 heterocycles. The monoisotopic (exact) mass is 491 g/mol. The zero-order valence-electron chi connectivity index (χ0n) is 2.55. The van der Waals surface area contributed by atoms with Crippen LogP contribution in [0.5, 0.6) is 0 Å². The first-order valence-electron chi connectivity index (χ1n) is 0.617. The molecule has 0 aromatic carbocycles. The van der Waals surface area contributed by atoms with Crippen LogP contribution in [0.15, 0.2) is 0 Å². The van der Waals surface area contributed by atoms with Gasteiger partial charge in [0, 0.05) is 37.6 Å². The fourth-order valence-corrected chi connectivity index (χ4v) is 0. The predicted octanol–water partition coefficient (Wildman–Crippen LogP) is 2.75. The smallest absolute Gasteiger partial charge is 0 e. The summed E-state index contributed by atoms with van der Waals surface area (Å²) in [6, 6.07) is 0. The molecule has 0 radical (unpaired) electrons. The first-order valence-corrected chi connectivity index (χ1v) is 11.0. The van der Waals surface area contributed by atoms with Crippen molar-refractivity contribution in [1.29, 1.82) is 0 Å². The van der Waals surface area contributed by atoms with Gasteiger partial charge >= 0.3 is 49.6 Å². The Balaban J connectivity index is -0.0000000800. The van der Waals surface area contributed by atoms with Crippen molar-refractivity contribution in [2.75, 3.05) is 0 Å². The Bertz CT molecular complexity index is 27.2. The summed E-state index contributed by atoms with van der Waals surface area (Å²) in [7, 11) is 20.1. The van der Waals surface area contributed by atoms with Crippen molar-refractivity contribution in [1.82, 2.24) is 0 Å². The molecule has 0 atom stereocenters. The fourth-order valence-electron chi connectivity index (χ4n) is 0. The Morgan fingerprint density at radius 3 is 0.857 bits per heavy atom. The minimum absolute atomic E-state index is 0. The van der Waals surface area contributed by atoms with Crippen molar-refractivity contribution in [2.45, 2.75) is 0 Å². The fraction of sp³-hybridized carbons (Fsp3) is 0. The molecule has 0 N–H and O–H groups in total. The summed E-state index contributed by atoms with van der Waals surface area (Å²) >= 11 is -3.13. The minimum Gasteiger partial charge on any atom is 0 e. The summed E-state index contributed by atoms with van der Waals surface area (Å²) < 4.78 is 0. The summed E-state index contributed by atoms with van der Waals surface area (Å²) in [6.45, 7) is 0. The first-order chi connectivity index (χ1) is 2.00. The molecule has 0 unspecified atom stereocenters. The molecule has 0 aliphatic rings. The van der Waals surface area contributed by atoms with Crippen molar-refractivity contribution >= 4 is 37.7 Å². The SMILES string of the molecule is [Cl][Mo]([Cl])([Cl])[Cl].[Ni].[Pt]. The number of rotatable bonds is 0. The summed E-state index contributed by atoms with van der Waals surface area (Å²) in [4.78, 5) is 0. The maximum atomic E-state index is 5.02. The molecule has 0 aliphatic carbocycles. The average molecular weight is 492 g/mol. The molecular weight excluding hydrogens is 492 g/mol. The summed E-state index contributed by atoms with van der Waals surface area (Å²) in [6.07, 6.45) is 0. The molecule has 0 nitrogen and oxygen atoms in total. The van der Waals surface area contributed by atoms with Crippen LogP contribution in [0.25, 0.3) is 0 Å². The van der Waals surface area contributed by atoms with E-state index in [1.54, 1.807) is 0 Å². The van der Waals surface area contributed by atoms with E-state index in [1.165, 1.54) is 0 Å². The van der Waals surface area contributed by atoms with Crippen LogP contribution in [-0.4, -0.2) is 0 Å². The Hall–Kier alpha value is 3.03. The van der Waals surface area contributed by atoms with Crippen molar-refractivity contribution in [3.05, 3.63) is 0 Å². The third-order valence-corrected chi connectivity index (χ3v) is 0. The van der Waals surface area contributed by atoms with E-state index in [9.17, 15) is 0 Å². The summed E-state index contributed by atoms with van der Waals surface area (Å²) in [5, 5.41) is 0. The first kappa shape index (κ1) is 16.5. The molecule has 0 aliphatic heterocycles. The van der Waals surface area contributed by atoms with Gasteiger partial charge in [0.2, 0.25) is 0 Å². The van der Waals surface area contributed by atoms with Gasteiger partial charge in [0.05, 0.1) is 0 Å². The number of hydrogen-bond donors (Lipinski definition) is 0. The topological polar surface area (TPSA) is 0 Å². The molecular formula is Cl4MoNiPt. The van der Waals surface area contributed by atoms with Gasteiger partial charge in [-0.15, -0.1) is 0 Å². The maximum absolute atomic E-state index is 5.02. The molecule has 7 heavy (non-hydrogen) atoms. The van der Waals surface area contributed by atoms with Gasteiger partial charge in [0.25, 0.3) is 0 Å². The predicted molar refractivity (Wildman–Crippen MR) is 23.4 cm³/mol. The third kappa shape index (κ3) is 48.6. The van der Waals surface area contributed by atoms with Gasteiger partial charge in [0.15, 0.2) is 0 Å². The molecule has 0 saturated heterocycles. The Kier molecular flexibility index (Phi) is 16.9. The van der Waals surface area contributed by atoms with Crippen LogP contribution in [-0.2, 0) is 49.5 Å². The van der Waals surface area contributed by atoms with Crippen LogP contribution >= 0.6 is 37.7 Å². The van der Waals surface area contributed by atoms with E-state index in [1.807, 2.05) is 0 Å². The van der Waals surface area contributed by atoms with Crippen LogP contribution in [0.1, 0.15) is 0 Å². The summed E-state index contributed by atoms with van der Waals surface area (Å²) in [5.74, 6) is 0. The second-order valence-corrected chi connectivity index (χ2v) is 18.6. The zero-order valence-corrected chi connectivity index (χ0v) is 10.8. The molecule has 0 bridgehead atoms. The molecule has 0 aromatic rings. The van der Waals surface area contributed by atoms with E-state index in [4.69, 9.17) is 37.7 Å². The second kappa shape index (κ2) is 7.14. The molecule has 0 spiro atoms. The molecule has 0 amide bonds. The van der Waals surface area contributed by atoms with Gasteiger partial charge < -0.3 is 0 Å². The van der Waals surface area contributed by atoms with Crippen molar-refractivity contribution < 1.29 is 49.5 Å². The molecule has 0 fully saturated rings. The van der Waals surface area contributed by atoms with Crippen LogP contribution in [0, 0.1) is 0 Å². The van der Waals surface area contributed by atoms with E-state index >= 15 is 0 Å². The Labute approximate surface area is 85.7 Å². The Morgan fingerprint density at radius 1 is 0.857 bits per heavy atom. The van der Waals surface area contributed by atoms with E-state index in [2.05, 4.69) is 0 Å². The molecule has 54 valence electrons. The van der Waals surface area contributed by atoms with Gasteiger partial charge in [-0.3, -0.25) is 0 Å². The maximum Gasteiger partial charge on any atom is 0 e. The van der Waals surface area contributed by atoms with Crippen LogP contribution in [0.3, 0.4) is 0 Å². The zero-order chi connectivity index (χ0) is 4.50. The quantitative estimate of drug-likeness (QED) is 0.458. The largest absolute Gasteiger partial charge is 0 e. The molecule has 7 heteroatoms. The second-order valence-electron chi connectivity index (χ2n) is 0.350. The Morgan fingerprint density at radius 2 is 0.857 bits per heavy atom. The van der Waals surface area contributed by atoms with Crippen LogP contribution < -0.4 is 0 Å². The van der Waals surface area contributed by atoms with Crippen molar-refractivity contribution in [3.8, 4) is 0 Å². The third-order valence-electron chi connectivity index (χ3n) is 0. The molecule has 0 rings (SSSR count). The van der Waals surface area contributed by atoms with E-state index in [-0.39, 0.29) is 37.6 Å². The minimum atomic E-state index is -3.13. The van der Waals surface area contributed by atoms with Gasteiger partial charge in [-0.05, 0) is 0 Å². The van der Waals surface area contributed by atoms with Crippen molar-refractivity contribution in [2.24, 2.45) is 0 Å². The van der Waals surface area contributed by atoms with E-state index in [0.29, 0.717) is 0 Å². The van der Waals surface area contributed by atoms with Gasteiger partial charge in [0.1, 0.15) is 0 Å². The molecule has 0 aromatic heterocycles. The van der Waals surface area contributed by atoms with Gasteiger partial charge in [-0.25, -0.2) is 0 Å². The van der Waals surface area contributed by atoms with Gasteiger partial charge in [-0.2, -0.15) is 0 Å².